The lowest BCUT2D eigenvalue weighted by Crippen LogP contribution is -2.16. The number of allylic oxidation sites excluding steroid dienone is 1. The fourth-order valence-corrected chi connectivity index (χ4v) is 2.85. The fraction of sp³-hybridized carbons (Fsp3) is 0.778. The van der Waals surface area contributed by atoms with Crippen LogP contribution in [0.3, 0.4) is 0 Å². The van der Waals surface area contributed by atoms with Crippen LogP contribution < -0.4 is 0 Å². The van der Waals surface area contributed by atoms with Gasteiger partial charge >= 0.3 is 0 Å². The van der Waals surface area contributed by atoms with Gasteiger partial charge in [0.2, 0.25) is 0 Å². The van der Waals surface area contributed by atoms with Crippen LogP contribution in [-0.2, 0) is 0 Å². The van der Waals surface area contributed by atoms with Gasteiger partial charge in [0, 0.05) is 0 Å². The second-order valence-electron chi connectivity index (χ2n) is 2.52. The van der Waals surface area contributed by atoms with E-state index >= 15 is 0 Å². The Bertz CT molecular complexity index is 134. The minimum atomic E-state index is 0.295. The van der Waals surface area contributed by atoms with Crippen molar-refractivity contribution in [1.29, 1.82) is 0 Å². The molecule has 0 saturated heterocycles. The van der Waals surface area contributed by atoms with Gasteiger partial charge in [0.1, 0.15) is 0 Å². The molecule has 11 heavy (non-hydrogen) atoms. The van der Waals surface area contributed by atoms with E-state index in [-0.39, 0.29) is 0 Å². The standard InChI is InChI=1S/C9H18S2/c1-6-8(7-2)9(3,10-4)11-5/h6H,7H2,1-5H3/b8-6+. The summed E-state index contributed by atoms with van der Waals surface area (Å²) < 4.78 is 0.295. The molecule has 66 valence electrons. The van der Waals surface area contributed by atoms with Gasteiger partial charge in [-0.2, -0.15) is 0 Å². The Morgan fingerprint density at radius 1 is 1.36 bits per heavy atom. The second kappa shape index (κ2) is 5.15. The summed E-state index contributed by atoms with van der Waals surface area (Å²) in [6.45, 7) is 6.64. The van der Waals surface area contributed by atoms with Crippen LogP contribution >= 0.6 is 23.5 Å². The number of rotatable bonds is 4. The first-order valence-corrected chi connectivity index (χ1v) is 6.35. The van der Waals surface area contributed by atoms with E-state index in [1.807, 2.05) is 23.5 Å². The third-order valence-electron chi connectivity index (χ3n) is 2.09. The van der Waals surface area contributed by atoms with Crippen LogP contribution in [0.4, 0.5) is 0 Å². The summed E-state index contributed by atoms with van der Waals surface area (Å²) in [7, 11) is 0. The molecule has 0 aliphatic carbocycles. The molecule has 0 N–H and O–H groups in total. The lowest BCUT2D eigenvalue weighted by Gasteiger charge is -2.27. The zero-order valence-electron chi connectivity index (χ0n) is 8.10. The molecule has 0 aliphatic rings. The highest BCUT2D eigenvalue weighted by Gasteiger charge is 2.24. The quantitative estimate of drug-likeness (QED) is 0.489. The molecule has 0 rings (SSSR count). The van der Waals surface area contributed by atoms with E-state index in [1.165, 1.54) is 5.57 Å². The van der Waals surface area contributed by atoms with Gasteiger partial charge in [-0.15, -0.1) is 23.5 Å². The van der Waals surface area contributed by atoms with Crippen molar-refractivity contribution in [3.63, 3.8) is 0 Å². The second-order valence-corrected chi connectivity index (χ2v) is 5.23. The summed E-state index contributed by atoms with van der Waals surface area (Å²) in [5, 5.41) is 0. The average molecular weight is 190 g/mol. The molecule has 0 bridgehead atoms. The number of hydrogen-bond acceptors (Lipinski definition) is 2. The summed E-state index contributed by atoms with van der Waals surface area (Å²) in [5.41, 5.74) is 1.54. The van der Waals surface area contributed by atoms with E-state index in [9.17, 15) is 0 Å². The molecule has 0 atom stereocenters. The molecule has 0 saturated carbocycles. The van der Waals surface area contributed by atoms with Gasteiger partial charge < -0.3 is 0 Å². The zero-order valence-corrected chi connectivity index (χ0v) is 9.73. The SMILES string of the molecule is C/C=C(\CC)C(C)(SC)SC. The molecule has 0 spiro atoms. The molecular formula is C9H18S2. The van der Waals surface area contributed by atoms with E-state index in [0.717, 1.165) is 6.42 Å². The molecular weight excluding hydrogens is 172 g/mol. The first-order valence-electron chi connectivity index (χ1n) is 3.90. The van der Waals surface area contributed by atoms with Gasteiger partial charge in [-0.3, -0.25) is 0 Å². The topological polar surface area (TPSA) is 0 Å². The maximum absolute atomic E-state index is 2.29. The Kier molecular flexibility index (Phi) is 5.36. The van der Waals surface area contributed by atoms with Crippen LogP contribution in [0.25, 0.3) is 0 Å². The van der Waals surface area contributed by atoms with E-state index in [0.29, 0.717) is 4.08 Å². The van der Waals surface area contributed by atoms with Crippen molar-refractivity contribution in [1.82, 2.24) is 0 Å². The van der Waals surface area contributed by atoms with Crippen molar-refractivity contribution in [3.8, 4) is 0 Å². The normalized spacial score (nSPS) is 13.7. The van der Waals surface area contributed by atoms with Crippen molar-refractivity contribution >= 4 is 23.5 Å². The minimum Gasteiger partial charge on any atom is -0.143 e. The minimum absolute atomic E-state index is 0.295. The van der Waals surface area contributed by atoms with Crippen molar-refractivity contribution in [2.24, 2.45) is 0 Å². The Balaban J connectivity index is 4.46. The molecule has 0 aliphatic heterocycles. The number of thioether (sulfide) groups is 2. The molecule has 0 nitrogen and oxygen atoms in total. The molecule has 0 aromatic carbocycles. The Morgan fingerprint density at radius 3 is 1.91 bits per heavy atom. The first kappa shape index (κ1) is 11.4. The molecule has 2 heteroatoms. The molecule has 0 unspecified atom stereocenters. The van der Waals surface area contributed by atoms with Crippen LogP contribution in [0.2, 0.25) is 0 Å². The van der Waals surface area contributed by atoms with Crippen LogP contribution in [0.1, 0.15) is 27.2 Å². The average Bonchev–Trinajstić information content (AvgIpc) is 2.06. The van der Waals surface area contributed by atoms with E-state index < -0.39 is 0 Å². The predicted molar refractivity (Wildman–Crippen MR) is 59.5 cm³/mol. The molecule has 0 fully saturated rings. The first-order chi connectivity index (χ1) is 5.14. The van der Waals surface area contributed by atoms with Crippen LogP contribution in [0.15, 0.2) is 11.6 Å². The van der Waals surface area contributed by atoms with Gasteiger partial charge in [0.15, 0.2) is 0 Å². The third-order valence-corrected chi connectivity index (χ3v) is 5.17. The van der Waals surface area contributed by atoms with Crippen LogP contribution in [-0.4, -0.2) is 16.6 Å². The molecule has 0 radical (unpaired) electrons. The van der Waals surface area contributed by atoms with E-state index in [4.69, 9.17) is 0 Å². The summed E-state index contributed by atoms with van der Waals surface area (Å²) in [6, 6.07) is 0. The van der Waals surface area contributed by atoms with E-state index in [1.54, 1.807) is 0 Å². The van der Waals surface area contributed by atoms with Crippen molar-refractivity contribution < 1.29 is 0 Å². The summed E-state index contributed by atoms with van der Waals surface area (Å²) in [5.74, 6) is 0. The highest BCUT2D eigenvalue weighted by molar-refractivity contribution is 8.17. The van der Waals surface area contributed by atoms with Crippen LogP contribution in [0.5, 0.6) is 0 Å². The summed E-state index contributed by atoms with van der Waals surface area (Å²) in [6.07, 6.45) is 7.76. The van der Waals surface area contributed by atoms with Crippen molar-refractivity contribution in [2.75, 3.05) is 12.5 Å². The van der Waals surface area contributed by atoms with Gasteiger partial charge in [-0.1, -0.05) is 13.0 Å². The van der Waals surface area contributed by atoms with Gasteiger partial charge in [0.25, 0.3) is 0 Å². The molecule has 0 heterocycles. The highest BCUT2D eigenvalue weighted by Crippen LogP contribution is 2.41. The summed E-state index contributed by atoms with van der Waals surface area (Å²) >= 11 is 3.85. The molecule has 0 amide bonds. The Hall–Kier alpha value is 0.440. The maximum atomic E-state index is 2.29. The predicted octanol–water partition coefficient (Wildman–Crippen LogP) is 3.78. The lowest BCUT2D eigenvalue weighted by molar-refractivity contribution is 0.944. The van der Waals surface area contributed by atoms with Crippen molar-refractivity contribution in [2.45, 2.75) is 31.3 Å². The van der Waals surface area contributed by atoms with Gasteiger partial charge in [-0.25, -0.2) is 0 Å². The largest absolute Gasteiger partial charge is 0.143 e. The highest BCUT2D eigenvalue weighted by atomic mass is 32.2. The maximum Gasteiger partial charge on any atom is 0.0786 e. The smallest absolute Gasteiger partial charge is 0.0786 e. The molecule has 0 aromatic heterocycles. The Labute approximate surface area is 79.2 Å². The van der Waals surface area contributed by atoms with Gasteiger partial charge in [0.05, 0.1) is 4.08 Å². The third kappa shape index (κ3) is 2.75. The Morgan fingerprint density at radius 2 is 1.82 bits per heavy atom. The van der Waals surface area contributed by atoms with Crippen LogP contribution in [0, 0.1) is 0 Å². The van der Waals surface area contributed by atoms with Gasteiger partial charge in [-0.05, 0) is 38.4 Å². The number of hydrogen-bond donors (Lipinski definition) is 0. The zero-order chi connectivity index (χ0) is 8.91. The van der Waals surface area contributed by atoms with Crippen molar-refractivity contribution in [3.05, 3.63) is 11.6 Å². The lowest BCUT2D eigenvalue weighted by atomic mass is 10.1. The fourth-order valence-electron chi connectivity index (χ4n) is 1.13. The van der Waals surface area contributed by atoms with E-state index in [2.05, 4.69) is 39.4 Å². The monoisotopic (exact) mass is 190 g/mol. The molecule has 0 aromatic rings. The summed E-state index contributed by atoms with van der Waals surface area (Å²) in [4.78, 5) is 0.